The number of alkyl halides is 6. The predicted octanol–water partition coefficient (Wildman–Crippen LogP) is 10.2. The lowest BCUT2D eigenvalue weighted by atomic mass is 10.2. The molecule has 6 atom stereocenters. The summed E-state index contributed by atoms with van der Waals surface area (Å²) in [5.74, 6) is 2.27. The number of hydrogen-bond acceptors (Lipinski definition) is 24. The van der Waals surface area contributed by atoms with Gasteiger partial charge in [0.05, 0.1) is 27.9 Å². The van der Waals surface area contributed by atoms with Gasteiger partial charge in [-0.2, -0.15) is 0 Å². The topological polar surface area (TPSA) is 363 Å². The van der Waals surface area contributed by atoms with Crippen LogP contribution in [0.1, 0.15) is 172 Å². The molecule has 0 heterocycles. The molecule has 0 bridgehead atoms. The van der Waals surface area contributed by atoms with Crippen molar-refractivity contribution in [3.8, 4) is 0 Å². The molecule has 0 aromatic heterocycles. The van der Waals surface area contributed by atoms with E-state index in [9.17, 15) is 85.1 Å². The molecule has 546 valence electrons. The molecule has 0 radical (unpaired) electrons. The molecular formula is C62H100Br3Cl3O24S2. The van der Waals surface area contributed by atoms with Gasteiger partial charge >= 0.3 is 23.9 Å². The Hall–Kier alpha value is -4.59. The number of carbonyl (C=O) groups excluding carboxylic acids is 16. The van der Waals surface area contributed by atoms with Gasteiger partial charge in [0.2, 0.25) is 0 Å². The standard InChI is InChI=1S/C11H16O3S.C8H13BrO3.C8H13ClO3.C6H9BrO3.C6H9ClO3.C5H7BrO2.C5H7ClO2.C5H10O3S.2C4H8O/c1-5-7-8-11(6-2)15(4,13)14-9-10(3)12;2*1-5(10)6(9)7(11)12-8(2,3)4;2*1-3-10-6(9)5(7)4(2)8;2*1-3(7)5(6)4(2)8;1-5(6)4-8-9(2,3)7;2*1-3-4(2)5/h5-8H,2,4,9H2,1,3H3;2*6H,1-4H3;2*5H,3H2,1-2H3;2*5H,1-2H3;2,4H2,1,3H3;2*3H2,1-2H3/b7-5+,11-8+;;;;;;;;;. The Labute approximate surface area is 597 Å². The van der Waals surface area contributed by atoms with Crippen molar-refractivity contribution in [2.24, 2.45) is 0 Å². The van der Waals surface area contributed by atoms with Crippen LogP contribution in [0.5, 0.6) is 0 Å². The quantitative estimate of drug-likeness (QED) is 0.0205. The lowest BCUT2D eigenvalue weighted by Crippen LogP contribution is -2.32. The van der Waals surface area contributed by atoms with Gasteiger partial charge in [0.25, 0.3) is 0 Å². The Morgan fingerprint density at radius 1 is 0.447 bits per heavy atom. The van der Waals surface area contributed by atoms with E-state index in [-0.39, 0.29) is 83.4 Å². The fourth-order valence-electron chi connectivity index (χ4n) is 3.32. The number of halogens is 6. The molecule has 0 rings (SSSR count). The van der Waals surface area contributed by atoms with Crippen molar-refractivity contribution in [1.82, 2.24) is 0 Å². The number of hydrogen-bond donors (Lipinski definition) is 0. The van der Waals surface area contributed by atoms with Gasteiger partial charge in [-0.25, -0.2) is 18.0 Å². The summed E-state index contributed by atoms with van der Waals surface area (Å²) in [5.41, 5.74) is -1.14. The maximum Gasteiger partial charge on any atom is 0.332 e. The minimum atomic E-state index is -2.87. The molecule has 0 amide bonds. The molecule has 0 aromatic carbocycles. The van der Waals surface area contributed by atoms with Crippen LogP contribution in [0.2, 0.25) is 0 Å². The smallest absolute Gasteiger partial charge is 0.332 e. The molecule has 0 fully saturated rings. The van der Waals surface area contributed by atoms with Crippen LogP contribution in [0.25, 0.3) is 0 Å². The Balaban J connectivity index is -0.000000106. The monoisotopic (exact) mass is 1630 g/mol. The van der Waals surface area contributed by atoms with E-state index in [1.165, 1.54) is 81.6 Å². The molecule has 0 aliphatic carbocycles. The SMILES string of the molecule is C=C/C(=C\C=C\C)S(=C)(=O)OCC(C)=O.C=S(C)(=O)OCC(C)=O.CC(=O)C(Br)C(=O)OC(C)(C)C.CC(=O)C(Br)C(C)=O.CC(=O)C(Cl)C(=O)OC(C)(C)C.CC(=O)C(Cl)C(C)=O.CCC(C)=O.CCC(C)=O.CCOC(=O)C(Br)C(C)=O.CCOC(=O)C(Cl)C(C)=O. The van der Waals surface area contributed by atoms with Crippen LogP contribution in [0.4, 0.5) is 0 Å². The van der Waals surface area contributed by atoms with Gasteiger partial charge in [0, 0.05) is 19.1 Å². The average Bonchev–Trinajstić information content (AvgIpc) is 1.17. The zero-order valence-corrected chi connectivity index (χ0v) is 67.2. The summed E-state index contributed by atoms with van der Waals surface area (Å²) in [7, 11) is -5.31. The van der Waals surface area contributed by atoms with Gasteiger partial charge in [-0.05, 0) is 163 Å². The lowest BCUT2D eigenvalue weighted by molar-refractivity contribution is -0.156. The molecule has 0 aliphatic heterocycles. The van der Waals surface area contributed by atoms with E-state index in [1.54, 1.807) is 87.5 Å². The Morgan fingerprint density at radius 2 is 0.723 bits per heavy atom. The highest BCUT2D eigenvalue weighted by Gasteiger charge is 2.28. The number of Topliss-reactive ketones (excluding diaryl/α,β-unsaturated/α-hetero) is 12. The number of allylic oxidation sites excluding steroid dienone is 4. The Kier molecular flexibility index (Phi) is 73.1. The van der Waals surface area contributed by atoms with Crippen molar-refractivity contribution in [3.05, 3.63) is 35.8 Å². The number of ketones is 12. The second-order valence-electron chi connectivity index (χ2n) is 20.5. The molecule has 94 heavy (non-hydrogen) atoms. The third-order valence-corrected chi connectivity index (χ3v) is 15.1. The van der Waals surface area contributed by atoms with Crippen LogP contribution in [0.3, 0.4) is 0 Å². The maximum atomic E-state index is 11.9. The first kappa shape index (κ1) is 111. The number of carbonyl (C=O) groups is 16. The molecule has 0 saturated heterocycles. The molecule has 32 heteroatoms. The molecule has 0 spiro atoms. The second kappa shape index (κ2) is 62.0. The summed E-state index contributed by atoms with van der Waals surface area (Å²) in [4.78, 5) is 166. The van der Waals surface area contributed by atoms with Crippen LogP contribution < -0.4 is 0 Å². The number of ether oxygens (including phenoxy) is 4. The summed E-state index contributed by atoms with van der Waals surface area (Å²) < 4.78 is 50.8. The molecule has 24 nitrogen and oxygen atoms in total. The summed E-state index contributed by atoms with van der Waals surface area (Å²) in [5, 5.41) is -3.25. The molecule has 0 N–H and O–H groups in total. The summed E-state index contributed by atoms with van der Waals surface area (Å²) >= 11 is 24.7. The normalized spacial score (nSPS) is 12.7. The van der Waals surface area contributed by atoms with E-state index in [0.717, 1.165) is 0 Å². The van der Waals surface area contributed by atoms with E-state index >= 15 is 0 Å². The summed E-state index contributed by atoms with van der Waals surface area (Å²) in [6, 6.07) is 0. The molecule has 0 saturated carbocycles. The summed E-state index contributed by atoms with van der Waals surface area (Å²) in [6.07, 6.45) is 9.18. The van der Waals surface area contributed by atoms with Crippen LogP contribution in [0.15, 0.2) is 35.8 Å². The van der Waals surface area contributed by atoms with E-state index in [2.05, 4.69) is 79.8 Å². The van der Waals surface area contributed by atoms with Crippen molar-refractivity contribution in [3.63, 3.8) is 0 Å². The van der Waals surface area contributed by atoms with Crippen LogP contribution in [0, 0.1) is 0 Å². The van der Waals surface area contributed by atoms with Crippen molar-refractivity contribution < 1.29 is 112 Å². The van der Waals surface area contributed by atoms with Gasteiger partial charge in [0.15, 0.2) is 78.2 Å². The minimum Gasteiger partial charge on any atom is -0.465 e. The van der Waals surface area contributed by atoms with E-state index in [1.807, 2.05) is 20.8 Å². The van der Waals surface area contributed by atoms with Gasteiger partial charge in [-0.15, -0.1) is 34.8 Å². The Bertz CT molecular complexity index is 2600. The Morgan fingerprint density at radius 3 is 0.926 bits per heavy atom. The van der Waals surface area contributed by atoms with E-state index in [4.69, 9.17) is 48.5 Å². The van der Waals surface area contributed by atoms with Crippen molar-refractivity contribution in [2.75, 3.05) is 32.7 Å². The van der Waals surface area contributed by atoms with Crippen LogP contribution in [-0.2, 0) is 124 Å². The van der Waals surface area contributed by atoms with Crippen molar-refractivity contribution in [2.45, 2.75) is 214 Å². The van der Waals surface area contributed by atoms with Gasteiger partial charge in [0.1, 0.15) is 56.0 Å². The van der Waals surface area contributed by atoms with Crippen LogP contribution >= 0.6 is 82.6 Å². The highest BCUT2D eigenvalue weighted by Crippen LogP contribution is 2.14. The fourth-order valence-corrected chi connectivity index (χ4v) is 5.10. The average molecular weight is 1640 g/mol. The number of esters is 4. The molecule has 0 aromatic rings. The van der Waals surface area contributed by atoms with Crippen LogP contribution in [-0.4, -0.2) is 188 Å². The van der Waals surface area contributed by atoms with Gasteiger partial charge < -0.3 is 28.5 Å². The first-order chi connectivity index (χ1) is 42.2. The lowest BCUT2D eigenvalue weighted by Gasteiger charge is -2.20. The van der Waals surface area contributed by atoms with Gasteiger partial charge in [-0.1, -0.05) is 86.4 Å². The first-order valence-corrected chi connectivity index (χ1v) is 35.5. The fraction of sp³-hybridized carbons (Fsp3) is 0.613. The summed E-state index contributed by atoms with van der Waals surface area (Å²) in [6.45, 7) is 39.4. The maximum absolute atomic E-state index is 11.9. The zero-order valence-electron chi connectivity index (χ0n) is 58.5. The van der Waals surface area contributed by atoms with E-state index in [0.29, 0.717) is 24.4 Å². The highest BCUT2D eigenvalue weighted by atomic mass is 79.9. The zero-order chi connectivity index (χ0) is 77.6. The largest absolute Gasteiger partial charge is 0.465 e. The molecule has 0 aliphatic rings. The van der Waals surface area contributed by atoms with Crippen molar-refractivity contribution in [1.29, 1.82) is 0 Å². The highest BCUT2D eigenvalue weighted by molar-refractivity contribution is 9.10. The third-order valence-electron chi connectivity index (χ3n) is 8.04. The van der Waals surface area contributed by atoms with E-state index < -0.39 is 91.1 Å². The third kappa shape index (κ3) is 85.4. The van der Waals surface area contributed by atoms with Crippen molar-refractivity contribution >= 4 is 207 Å². The second-order valence-corrected chi connectivity index (χ2v) is 28.6. The van der Waals surface area contributed by atoms with Gasteiger partial charge in [-0.3, -0.25) is 65.9 Å². The minimum absolute atomic E-state index is 0.112. The number of rotatable bonds is 25. The predicted molar refractivity (Wildman–Crippen MR) is 382 cm³/mol. The molecule has 6 unspecified atom stereocenters. The first-order valence-electron chi connectivity index (χ1n) is 27.7. The molecular weight excluding hydrogens is 1540 g/mol.